The number of carboxylic acids is 1. The van der Waals surface area contributed by atoms with E-state index < -0.39 is 11.4 Å². The maximum Gasteiger partial charge on any atom is 0.309 e. The van der Waals surface area contributed by atoms with Crippen LogP contribution in [0.25, 0.3) is 22.2 Å². The molecule has 0 saturated heterocycles. The summed E-state index contributed by atoms with van der Waals surface area (Å²) in [6, 6.07) is 23.0. The zero-order valence-electron chi connectivity index (χ0n) is 26.0. The molecule has 1 atom stereocenters. The molecule has 228 valence electrons. The molecule has 1 N–H and O–H groups in total. The van der Waals surface area contributed by atoms with Crippen LogP contribution in [0.15, 0.2) is 90.1 Å². The Bertz CT molecular complexity index is 1760. The van der Waals surface area contributed by atoms with Gasteiger partial charge in [-0.1, -0.05) is 51.1 Å². The van der Waals surface area contributed by atoms with Crippen LogP contribution in [-0.2, 0) is 17.8 Å². The Labute approximate surface area is 262 Å². The van der Waals surface area contributed by atoms with Crippen LogP contribution in [0.5, 0.6) is 5.75 Å². The highest BCUT2D eigenvalue weighted by Crippen LogP contribution is 2.44. The van der Waals surface area contributed by atoms with Crippen LogP contribution in [0.4, 0.5) is 4.39 Å². The van der Waals surface area contributed by atoms with Crippen LogP contribution in [0, 0.1) is 11.2 Å². The number of carboxylic acid groups (broad SMARTS) is 1. The van der Waals surface area contributed by atoms with Crippen molar-refractivity contribution in [1.82, 2.24) is 14.5 Å². The smallest absolute Gasteiger partial charge is 0.309 e. The number of benzene rings is 2. The Morgan fingerprint density at radius 2 is 1.75 bits per heavy atom. The van der Waals surface area contributed by atoms with E-state index >= 15 is 0 Å². The number of aromatic nitrogens is 3. The molecule has 0 bridgehead atoms. The molecule has 0 radical (unpaired) electrons. The molecule has 0 aliphatic rings. The SMILES string of the molecule is C[C@@H](Oc1ccc2c(c1)c(SC(C)(C)C)c(CC(C)(C)C(=O)O)n2Cc1ccc(-c2ccc(F)cn2)cc1)c1ccccn1. The van der Waals surface area contributed by atoms with Gasteiger partial charge in [0.05, 0.1) is 23.0 Å². The van der Waals surface area contributed by atoms with Crippen molar-refractivity contribution < 1.29 is 19.0 Å². The second-order valence-corrected chi connectivity index (χ2v) is 14.5. The summed E-state index contributed by atoms with van der Waals surface area (Å²) in [5, 5.41) is 11.1. The molecule has 5 rings (SSSR count). The van der Waals surface area contributed by atoms with Gasteiger partial charge in [0.15, 0.2) is 0 Å². The number of thioether (sulfide) groups is 1. The third kappa shape index (κ3) is 7.13. The number of pyridine rings is 2. The molecule has 0 fully saturated rings. The van der Waals surface area contributed by atoms with Gasteiger partial charge in [-0.3, -0.25) is 14.8 Å². The molecule has 3 aromatic heterocycles. The number of rotatable bonds is 10. The van der Waals surface area contributed by atoms with Crippen molar-refractivity contribution in [3.63, 3.8) is 0 Å². The molecular weight excluding hydrogens is 573 g/mol. The Balaban J connectivity index is 1.60. The zero-order valence-corrected chi connectivity index (χ0v) is 26.8. The first-order valence-corrected chi connectivity index (χ1v) is 15.5. The molecule has 0 spiro atoms. The predicted molar refractivity (Wildman–Crippen MR) is 175 cm³/mol. The molecule has 5 aromatic rings. The summed E-state index contributed by atoms with van der Waals surface area (Å²) in [6.45, 7) is 12.6. The quantitative estimate of drug-likeness (QED) is 0.159. The Hall–Kier alpha value is -4.17. The van der Waals surface area contributed by atoms with E-state index in [9.17, 15) is 14.3 Å². The van der Waals surface area contributed by atoms with Crippen LogP contribution in [0.2, 0.25) is 0 Å². The number of hydrogen-bond donors (Lipinski definition) is 1. The predicted octanol–water partition coefficient (Wildman–Crippen LogP) is 8.97. The maximum absolute atomic E-state index is 13.4. The lowest BCUT2D eigenvalue weighted by molar-refractivity contribution is -0.146. The van der Waals surface area contributed by atoms with Gasteiger partial charge in [-0.25, -0.2) is 4.39 Å². The molecule has 44 heavy (non-hydrogen) atoms. The van der Waals surface area contributed by atoms with Gasteiger partial charge in [0.25, 0.3) is 0 Å². The lowest BCUT2D eigenvalue weighted by Crippen LogP contribution is -2.28. The molecule has 0 aliphatic heterocycles. The van der Waals surface area contributed by atoms with Crippen molar-refractivity contribution in [3.05, 3.63) is 108 Å². The molecule has 0 saturated carbocycles. The summed E-state index contributed by atoms with van der Waals surface area (Å²) < 4.78 is 21.9. The molecular formula is C36H38FN3O3S. The first-order chi connectivity index (χ1) is 20.8. The number of hydrogen-bond acceptors (Lipinski definition) is 5. The second-order valence-electron chi connectivity index (χ2n) is 12.7. The van der Waals surface area contributed by atoms with E-state index in [4.69, 9.17) is 4.74 Å². The second kappa shape index (κ2) is 12.4. The first kappa shape index (κ1) is 31.3. The van der Waals surface area contributed by atoms with Crippen molar-refractivity contribution in [2.24, 2.45) is 5.41 Å². The zero-order chi connectivity index (χ0) is 31.6. The van der Waals surface area contributed by atoms with E-state index in [0.29, 0.717) is 18.7 Å². The minimum Gasteiger partial charge on any atom is -0.484 e. The molecule has 6 nitrogen and oxygen atoms in total. The number of nitrogens with zero attached hydrogens (tertiary/aromatic N) is 3. The highest BCUT2D eigenvalue weighted by atomic mass is 32.2. The van der Waals surface area contributed by atoms with Gasteiger partial charge in [0.1, 0.15) is 17.7 Å². The topological polar surface area (TPSA) is 77.2 Å². The molecule has 8 heteroatoms. The summed E-state index contributed by atoms with van der Waals surface area (Å²) in [6.07, 6.45) is 3.09. The van der Waals surface area contributed by atoms with E-state index in [-0.39, 0.29) is 16.7 Å². The van der Waals surface area contributed by atoms with Crippen LogP contribution >= 0.6 is 11.8 Å². The Kier molecular flexibility index (Phi) is 8.84. The summed E-state index contributed by atoms with van der Waals surface area (Å²) >= 11 is 1.74. The van der Waals surface area contributed by atoms with Gasteiger partial charge in [0, 0.05) is 51.0 Å². The van der Waals surface area contributed by atoms with Crippen molar-refractivity contribution in [2.45, 2.75) is 70.3 Å². The Morgan fingerprint density at radius 1 is 1.00 bits per heavy atom. The fraction of sp³-hybridized carbons (Fsp3) is 0.306. The summed E-state index contributed by atoms with van der Waals surface area (Å²) in [7, 11) is 0. The van der Waals surface area contributed by atoms with Gasteiger partial charge in [-0.05, 0) is 68.8 Å². The van der Waals surface area contributed by atoms with Gasteiger partial charge >= 0.3 is 5.97 Å². The van der Waals surface area contributed by atoms with Crippen LogP contribution in [0.3, 0.4) is 0 Å². The van der Waals surface area contributed by atoms with Crippen LogP contribution in [0.1, 0.15) is 64.6 Å². The average Bonchev–Trinajstić information content (AvgIpc) is 3.23. The standard InChI is InChI=1S/C36H38FN3O3S/c1-23(29-9-7-8-18-38-29)43-27-15-17-31-28(19-27)33(44-35(2,3)4)32(20-36(5,6)34(41)42)40(31)22-24-10-12-25(13-11-24)30-16-14-26(37)21-39-30/h7-19,21,23H,20,22H2,1-6H3,(H,41,42)/t23-/m1/s1. The monoisotopic (exact) mass is 611 g/mol. The summed E-state index contributed by atoms with van der Waals surface area (Å²) in [4.78, 5) is 22.0. The van der Waals surface area contributed by atoms with Gasteiger partial charge in [-0.15, -0.1) is 11.8 Å². The molecule has 2 aromatic carbocycles. The summed E-state index contributed by atoms with van der Waals surface area (Å²) in [5.41, 5.74) is 4.50. The van der Waals surface area contributed by atoms with Gasteiger partial charge in [-0.2, -0.15) is 0 Å². The van der Waals surface area contributed by atoms with Crippen LogP contribution < -0.4 is 4.74 Å². The minimum absolute atomic E-state index is 0.122. The maximum atomic E-state index is 13.4. The first-order valence-electron chi connectivity index (χ1n) is 14.7. The number of halogens is 1. The highest BCUT2D eigenvalue weighted by molar-refractivity contribution is 8.00. The highest BCUT2D eigenvalue weighted by Gasteiger charge is 2.33. The third-order valence-corrected chi connectivity index (χ3v) is 8.69. The minimum atomic E-state index is -0.982. The van der Waals surface area contributed by atoms with E-state index in [1.54, 1.807) is 37.9 Å². The fourth-order valence-corrected chi connectivity index (χ4v) is 6.28. The largest absolute Gasteiger partial charge is 0.484 e. The Morgan fingerprint density at radius 3 is 2.36 bits per heavy atom. The lowest BCUT2D eigenvalue weighted by atomic mass is 9.88. The lowest BCUT2D eigenvalue weighted by Gasteiger charge is -2.24. The van der Waals surface area contributed by atoms with E-state index in [1.165, 1.54) is 12.3 Å². The normalized spacial score (nSPS) is 12.8. The molecule has 0 aliphatic carbocycles. The van der Waals surface area contributed by atoms with E-state index in [0.717, 1.165) is 44.1 Å². The van der Waals surface area contributed by atoms with Crippen molar-refractivity contribution in [1.29, 1.82) is 0 Å². The molecule has 0 unspecified atom stereocenters. The van der Waals surface area contributed by atoms with Crippen LogP contribution in [-0.4, -0.2) is 30.4 Å². The number of fused-ring (bicyclic) bond motifs is 1. The van der Waals surface area contributed by atoms with Gasteiger partial charge < -0.3 is 14.4 Å². The van der Waals surface area contributed by atoms with E-state index in [1.807, 2.05) is 55.5 Å². The number of aliphatic carboxylic acids is 1. The third-order valence-electron chi connectivity index (χ3n) is 7.42. The molecule has 3 heterocycles. The number of ether oxygens (including phenoxy) is 1. The van der Waals surface area contributed by atoms with Crippen molar-refractivity contribution >= 4 is 28.6 Å². The number of carbonyl (C=O) groups is 1. The molecule has 0 amide bonds. The van der Waals surface area contributed by atoms with Gasteiger partial charge in [0.2, 0.25) is 0 Å². The summed E-state index contributed by atoms with van der Waals surface area (Å²) in [5.74, 6) is -0.487. The van der Waals surface area contributed by atoms with E-state index in [2.05, 4.69) is 47.4 Å². The average molecular weight is 612 g/mol. The van der Waals surface area contributed by atoms with Crippen molar-refractivity contribution in [3.8, 4) is 17.0 Å². The fourth-order valence-electron chi connectivity index (χ4n) is 5.09. The van der Waals surface area contributed by atoms with Crippen molar-refractivity contribution in [2.75, 3.05) is 0 Å².